The Morgan fingerprint density at radius 2 is 1.29 bits per heavy atom. The van der Waals surface area contributed by atoms with Crippen molar-refractivity contribution in [3.63, 3.8) is 0 Å². The van der Waals surface area contributed by atoms with Crippen LogP contribution in [-0.4, -0.2) is 38.0 Å². The highest BCUT2D eigenvalue weighted by Crippen LogP contribution is 2.05. The van der Waals surface area contributed by atoms with Gasteiger partial charge in [-0.25, -0.2) is 14.4 Å². The van der Waals surface area contributed by atoms with Crippen LogP contribution < -0.4 is 21.3 Å². The molecule has 0 atom stereocenters. The van der Waals surface area contributed by atoms with Gasteiger partial charge in [-0.05, 0) is 23.6 Å². The molecule has 0 unspecified atom stereocenters. The standard InChI is InChI=1S/C22H28N4O5/c1-2-30-21(28)25-15-18-9-6-10-19(13-18)16-26-22(29)31-12-11-23-20(27)24-14-17-7-4-3-5-8-17/h3-10,13H,2,11-12,14-16H2,1H3,(H,25,28)(H,26,29)(H2,23,24,27). The smallest absolute Gasteiger partial charge is 0.407 e. The SMILES string of the molecule is CCOC(=O)NCc1cccc(CNC(=O)OCCNC(=O)NCc2ccccc2)c1. The summed E-state index contributed by atoms with van der Waals surface area (Å²) in [4.78, 5) is 34.9. The highest BCUT2D eigenvalue weighted by molar-refractivity contribution is 5.73. The zero-order valence-electron chi connectivity index (χ0n) is 17.5. The maximum atomic E-state index is 11.8. The molecule has 9 nitrogen and oxygen atoms in total. The number of carbonyl (C=O) groups is 3. The molecule has 0 heterocycles. The number of nitrogens with one attached hydrogen (secondary N) is 4. The summed E-state index contributed by atoms with van der Waals surface area (Å²) in [5, 5.41) is 10.6. The minimum Gasteiger partial charge on any atom is -0.450 e. The van der Waals surface area contributed by atoms with Gasteiger partial charge in [0.1, 0.15) is 6.61 Å². The summed E-state index contributed by atoms with van der Waals surface area (Å²) >= 11 is 0. The van der Waals surface area contributed by atoms with Gasteiger partial charge in [-0.15, -0.1) is 0 Å². The van der Waals surface area contributed by atoms with Crippen molar-refractivity contribution in [3.05, 3.63) is 71.3 Å². The minimum atomic E-state index is -0.582. The molecule has 0 bridgehead atoms. The molecule has 166 valence electrons. The number of amides is 4. The first kappa shape index (κ1) is 23.5. The van der Waals surface area contributed by atoms with E-state index in [-0.39, 0.29) is 25.7 Å². The third-order valence-corrected chi connectivity index (χ3v) is 4.06. The van der Waals surface area contributed by atoms with E-state index in [1.54, 1.807) is 6.92 Å². The van der Waals surface area contributed by atoms with E-state index in [2.05, 4.69) is 21.3 Å². The van der Waals surface area contributed by atoms with E-state index in [4.69, 9.17) is 9.47 Å². The predicted molar refractivity (Wildman–Crippen MR) is 115 cm³/mol. The van der Waals surface area contributed by atoms with Gasteiger partial charge in [0.2, 0.25) is 0 Å². The molecule has 2 rings (SSSR count). The van der Waals surface area contributed by atoms with Crippen molar-refractivity contribution < 1.29 is 23.9 Å². The number of ether oxygens (including phenoxy) is 2. The maximum Gasteiger partial charge on any atom is 0.407 e. The summed E-state index contributed by atoms with van der Waals surface area (Å²) in [7, 11) is 0. The molecule has 4 N–H and O–H groups in total. The summed E-state index contributed by atoms with van der Waals surface area (Å²) < 4.78 is 9.86. The number of carbonyl (C=O) groups excluding carboxylic acids is 3. The molecule has 0 aliphatic carbocycles. The lowest BCUT2D eigenvalue weighted by Gasteiger charge is -2.10. The summed E-state index contributed by atoms with van der Waals surface area (Å²) in [5.74, 6) is 0. The molecule has 0 aliphatic rings. The molecular formula is C22H28N4O5. The molecule has 4 amide bonds. The van der Waals surface area contributed by atoms with E-state index in [1.807, 2.05) is 54.6 Å². The van der Waals surface area contributed by atoms with Crippen LogP contribution in [0, 0.1) is 0 Å². The molecule has 0 aliphatic heterocycles. The van der Waals surface area contributed by atoms with Crippen molar-refractivity contribution in [3.8, 4) is 0 Å². The Morgan fingerprint density at radius 3 is 1.94 bits per heavy atom. The quantitative estimate of drug-likeness (QED) is 0.434. The zero-order valence-corrected chi connectivity index (χ0v) is 17.5. The second-order valence-electron chi connectivity index (χ2n) is 6.48. The predicted octanol–water partition coefficient (Wildman–Crippen LogP) is 2.66. The molecule has 2 aromatic carbocycles. The number of benzene rings is 2. The number of hydrogen-bond acceptors (Lipinski definition) is 5. The number of urea groups is 1. The van der Waals surface area contributed by atoms with E-state index in [9.17, 15) is 14.4 Å². The third-order valence-electron chi connectivity index (χ3n) is 4.06. The van der Waals surface area contributed by atoms with Crippen LogP contribution in [0.1, 0.15) is 23.6 Å². The molecule has 0 fully saturated rings. The first-order chi connectivity index (χ1) is 15.1. The van der Waals surface area contributed by atoms with Crippen LogP contribution in [-0.2, 0) is 29.1 Å². The van der Waals surface area contributed by atoms with Gasteiger partial charge < -0.3 is 30.7 Å². The highest BCUT2D eigenvalue weighted by Gasteiger charge is 2.05. The molecule has 0 spiro atoms. The second-order valence-corrected chi connectivity index (χ2v) is 6.48. The number of alkyl carbamates (subject to hydrolysis) is 2. The van der Waals surface area contributed by atoms with E-state index >= 15 is 0 Å². The van der Waals surface area contributed by atoms with Crippen LogP contribution in [0.25, 0.3) is 0 Å². The van der Waals surface area contributed by atoms with Crippen molar-refractivity contribution >= 4 is 18.2 Å². The van der Waals surface area contributed by atoms with Crippen LogP contribution in [0.5, 0.6) is 0 Å². The average Bonchev–Trinajstić information content (AvgIpc) is 2.79. The van der Waals surface area contributed by atoms with Crippen molar-refractivity contribution in [1.29, 1.82) is 0 Å². The van der Waals surface area contributed by atoms with Crippen LogP contribution >= 0.6 is 0 Å². The molecule has 0 aromatic heterocycles. The fraction of sp³-hybridized carbons (Fsp3) is 0.318. The Kier molecular flexibility index (Phi) is 10.2. The lowest BCUT2D eigenvalue weighted by molar-refractivity contribution is 0.146. The van der Waals surface area contributed by atoms with Crippen molar-refractivity contribution in [1.82, 2.24) is 21.3 Å². The van der Waals surface area contributed by atoms with Crippen molar-refractivity contribution in [2.45, 2.75) is 26.6 Å². The maximum absolute atomic E-state index is 11.8. The Morgan fingerprint density at radius 1 is 0.710 bits per heavy atom. The van der Waals surface area contributed by atoms with Crippen LogP contribution in [0.4, 0.5) is 14.4 Å². The van der Waals surface area contributed by atoms with Gasteiger partial charge in [-0.2, -0.15) is 0 Å². The molecule has 31 heavy (non-hydrogen) atoms. The topological polar surface area (TPSA) is 118 Å². The van der Waals surface area contributed by atoms with Gasteiger partial charge in [-0.1, -0.05) is 54.6 Å². The zero-order chi connectivity index (χ0) is 22.3. The molecular weight excluding hydrogens is 400 g/mol. The third kappa shape index (κ3) is 10.0. The van der Waals surface area contributed by atoms with E-state index in [0.29, 0.717) is 19.7 Å². The summed E-state index contributed by atoms with van der Waals surface area (Å²) in [5.41, 5.74) is 2.74. The first-order valence-corrected chi connectivity index (χ1v) is 10.0. The van der Waals surface area contributed by atoms with Crippen LogP contribution in [0.2, 0.25) is 0 Å². The molecule has 0 saturated heterocycles. The van der Waals surface area contributed by atoms with Crippen molar-refractivity contribution in [2.24, 2.45) is 0 Å². The summed E-state index contributed by atoms with van der Waals surface area (Å²) in [6, 6.07) is 16.6. The van der Waals surface area contributed by atoms with Gasteiger partial charge >= 0.3 is 18.2 Å². The van der Waals surface area contributed by atoms with Crippen LogP contribution in [0.3, 0.4) is 0 Å². The van der Waals surface area contributed by atoms with Crippen molar-refractivity contribution in [2.75, 3.05) is 19.8 Å². The molecule has 9 heteroatoms. The number of rotatable bonds is 10. The van der Waals surface area contributed by atoms with Gasteiger partial charge in [0, 0.05) is 19.6 Å². The monoisotopic (exact) mass is 428 g/mol. The van der Waals surface area contributed by atoms with E-state index < -0.39 is 12.2 Å². The molecule has 0 radical (unpaired) electrons. The van der Waals surface area contributed by atoms with Crippen LogP contribution in [0.15, 0.2) is 54.6 Å². The Balaban J connectivity index is 1.58. The van der Waals surface area contributed by atoms with E-state index in [1.165, 1.54) is 0 Å². The van der Waals surface area contributed by atoms with Gasteiger partial charge in [-0.3, -0.25) is 0 Å². The Labute approximate surface area is 181 Å². The largest absolute Gasteiger partial charge is 0.450 e. The fourth-order valence-electron chi connectivity index (χ4n) is 2.58. The van der Waals surface area contributed by atoms with Gasteiger partial charge in [0.15, 0.2) is 0 Å². The molecule has 0 saturated carbocycles. The first-order valence-electron chi connectivity index (χ1n) is 10.0. The number of hydrogen-bond donors (Lipinski definition) is 4. The lowest BCUT2D eigenvalue weighted by atomic mass is 10.1. The lowest BCUT2D eigenvalue weighted by Crippen LogP contribution is -2.37. The highest BCUT2D eigenvalue weighted by atomic mass is 16.6. The van der Waals surface area contributed by atoms with Gasteiger partial charge in [0.25, 0.3) is 0 Å². The van der Waals surface area contributed by atoms with Gasteiger partial charge in [0.05, 0.1) is 13.2 Å². The second kappa shape index (κ2) is 13.5. The van der Waals surface area contributed by atoms with E-state index in [0.717, 1.165) is 16.7 Å². The molecule has 2 aromatic rings. The minimum absolute atomic E-state index is 0.0497. The normalized spacial score (nSPS) is 9.97. The fourth-order valence-corrected chi connectivity index (χ4v) is 2.58. The Bertz CT molecular complexity index is 845. The Hall–Kier alpha value is -3.75. The average molecular weight is 428 g/mol. The summed E-state index contributed by atoms with van der Waals surface area (Å²) in [6.07, 6.45) is -1.06. The summed E-state index contributed by atoms with van der Waals surface area (Å²) in [6.45, 7) is 3.32.